The van der Waals surface area contributed by atoms with E-state index in [4.69, 9.17) is 4.52 Å². The number of aliphatic hydroxyl groups excluding tert-OH is 1. The van der Waals surface area contributed by atoms with Crippen molar-refractivity contribution in [2.75, 3.05) is 19.7 Å². The van der Waals surface area contributed by atoms with Gasteiger partial charge in [0.15, 0.2) is 0 Å². The number of nitrogens with zero attached hydrogens (tertiary/aromatic N) is 6. The molecule has 26 heavy (non-hydrogen) atoms. The van der Waals surface area contributed by atoms with Crippen molar-refractivity contribution in [2.45, 2.75) is 19.4 Å². The normalized spacial score (nSPS) is 20.7. The minimum absolute atomic E-state index is 0.0254. The van der Waals surface area contributed by atoms with E-state index in [0.717, 1.165) is 36.6 Å². The second-order valence-corrected chi connectivity index (χ2v) is 6.84. The van der Waals surface area contributed by atoms with E-state index < -0.39 is 0 Å². The molecule has 3 aromatic rings. The van der Waals surface area contributed by atoms with Gasteiger partial charge in [-0.2, -0.15) is 10.1 Å². The predicted molar refractivity (Wildman–Crippen MR) is 94.1 cm³/mol. The molecule has 0 amide bonds. The highest BCUT2D eigenvalue weighted by molar-refractivity contribution is 5.52. The zero-order valence-corrected chi connectivity index (χ0v) is 14.9. The van der Waals surface area contributed by atoms with Crippen molar-refractivity contribution >= 4 is 0 Å². The zero-order chi connectivity index (χ0) is 18.1. The van der Waals surface area contributed by atoms with Crippen LogP contribution in [0.25, 0.3) is 11.4 Å². The molecule has 0 aliphatic carbocycles. The van der Waals surface area contributed by atoms with E-state index >= 15 is 0 Å². The van der Waals surface area contributed by atoms with Crippen molar-refractivity contribution in [3.63, 3.8) is 0 Å². The van der Waals surface area contributed by atoms with E-state index in [1.807, 2.05) is 30.8 Å². The average molecular weight is 354 g/mol. The topological polar surface area (TPSA) is 93.1 Å². The van der Waals surface area contributed by atoms with Crippen LogP contribution in [0.3, 0.4) is 0 Å². The number of aryl methyl sites for hydroxylation is 2. The lowest BCUT2D eigenvalue weighted by atomic mass is 9.97. The lowest BCUT2D eigenvalue weighted by Crippen LogP contribution is -2.22. The van der Waals surface area contributed by atoms with Crippen LogP contribution in [0.4, 0.5) is 0 Å². The standard InChI is InChI=1S/C18H22N6O2/c1-12-7-15(23(2)21-12)9-24-8-14(11-25)16(10-24)18-20-17(22-26-18)13-3-5-19-6-4-13/h3-7,14,16,25H,8-11H2,1-2H3/t14-,16+/m0/s1. The van der Waals surface area contributed by atoms with Crippen LogP contribution in [-0.4, -0.2) is 54.6 Å². The highest BCUT2D eigenvalue weighted by atomic mass is 16.5. The maximum absolute atomic E-state index is 9.82. The Morgan fingerprint density at radius 2 is 2.08 bits per heavy atom. The molecule has 0 bridgehead atoms. The number of rotatable bonds is 5. The van der Waals surface area contributed by atoms with Crippen LogP contribution in [0.2, 0.25) is 0 Å². The Hall–Kier alpha value is -2.58. The van der Waals surface area contributed by atoms with Crippen LogP contribution in [-0.2, 0) is 13.6 Å². The van der Waals surface area contributed by atoms with E-state index in [-0.39, 0.29) is 18.4 Å². The third kappa shape index (κ3) is 3.25. The summed E-state index contributed by atoms with van der Waals surface area (Å²) in [5, 5.41) is 18.3. The number of pyridine rings is 1. The van der Waals surface area contributed by atoms with Crippen LogP contribution in [0, 0.1) is 12.8 Å². The van der Waals surface area contributed by atoms with Crippen LogP contribution in [0.5, 0.6) is 0 Å². The Bertz CT molecular complexity index is 875. The monoisotopic (exact) mass is 354 g/mol. The van der Waals surface area contributed by atoms with Crippen molar-refractivity contribution in [3.8, 4) is 11.4 Å². The fraction of sp³-hybridized carbons (Fsp3) is 0.444. The minimum atomic E-state index is 0.0254. The molecule has 0 unspecified atom stereocenters. The molecule has 1 N–H and O–H groups in total. The molecule has 4 rings (SSSR count). The predicted octanol–water partition coefficient (Wildman–Crippen LogP) is 1.38. The van der Waals surface area contributed by atoms with Gasteiger partial charge in [-0.25, -0.2) is 0 Å². The fourth-order valence-electron chi connectivity index (χ4n) is 3.60. The summed E-state index contributed by atoms with van der Waals surface area (Å²) in [6.07, 6.45) is 3.41. The molecule has 0 radical (unpaired) electrons. The summed E-state index contributed by atoms with van der Waals surface area (Å²) in [5.41, 5.74) is 3.04. The SMILES string of the molecule is Cc1cc(CN2C[C@@H](CO)[C@H](c3nc(-c4ccncc4)no3)C2)n(C)n1. The van der Waals surface area contributed by atoms with Gasteiger partial charge < -0.3 is 9.63 Å². The van der Waals surface area contributed by atoms with Gasteiger partial charge in [0, 0.05) is 57.2 Å². The molecule has 8 nitrogen and oxygen atoms in total. The van der Waals surface area contributed by atoms with Crippen molar-refractivity contribution < 1.29 is 9.63 Å². The minimum Gasteiger partial charge on any atom is -0.396 e. The zero-order valence-electron chi connectivity index (χ0n) is 14.9. The molecule has 0 aromatic carbocycles. The lowest BCUT2D eigenvalue weighted by molar-refractivity contribution is 0.204. The highest BCUT2D eigenvalue weighted by Crippen LogP contribution is 2.33. The van der Waals surface area contributed by atoms with Crippen molar-refractivity contribution in [2.24, 2.45) is 13.0 Å². The van der Waals surface area contributed by atoms with Crippen LogP contribution < -0.4 is 0 Å². The van der Waals surface area contributed by atoms with Crippen molar-refractivity contribution in [1.29, 1.82) is 0 Å². The average Bonchev–Trinajstić information content (AvgIpc) is 3.35. The van der Waals surface area contributed by atoms with Crippen molar-refractivity contribution in [3.05, 3.63) is 47.9 Å². The summed E-state index contributed by atoms with van der Waals surface area (Å²) in [5.74, 6) is 1.24. The van der Waals surface area contributed by atoms with Crippen molar-refractivity contribution in [1.82, 2.24) is 29.8 Å². The smallest absolute Gasteiger partial charge is 0.231 e. The fourth-order valence-corrected chi connectivity index (χ4v) is 3.60. The second-order valence-electron chi connectivity index (χ2n) is 6.84. The number of likely N-dealkylation sites (tertiary alicyclic amines) is 1. The van der Waals surface area contributed by atoms with E-state index in [0.29, 0.717) is 11.7 Å². The highest BCUT2D eigenvalue weighted by Gasteiger charge is 2.37. The molecule has 1 aliphatic heterocycles. The number of hydrogen-bond donors (Lipinski definition) is 1. The first-order chi connectivity index (χ1) is 12.6. The molecule has 3 aromatic heterocycles. The second kappa shape index (κ2) is 6.97. The molecule has 0 saturated carbocycles. The van der Waals surface area contributed by atoms with Gasteiger partial charge in [0.05, 0.1) is 17.3 Å². The van der Waals surface area contributed by atoms with Gasteiger partial charge in [-0.3, -0.25) is 14.6 Å². The first kappa shape index (κ1) is 16.9. The Morgan fingerprint density at radius 3 is 2.77 bits per heavy atom. The van der Waals surface area contributed by atoms with E-state index in [2.05, 4.69) is 31.2 Å². The summed E-state index contributed by atoms with van der Waals surface area (Å²) < 4.78 is 7.43. The molecule has 2 atom stereocenters. The van der Waals surface area contributed by atoms with E-state index in [9.17, 15) is 5.11 Å². The molecule has 0 spiro atoms. The quantitative estimate of drug-likeness (QED) is 0.740. The van der Waals surface area contributed by atoms with Crippen LogP contribution in [0.1, 0.15) is 23.2 Å². The first-order valence-electron chi connectivity index (χ1n) is 8.70. The Labute approximate surface area is 151 Å². The number of aromatic nitrogens is 5. The first-order valence-corrected chi connectivity index (χ1v) is 8.70. The van der Waals surface area contributed by atoms with Gasteiger partial charge in [0.1, 0.15) is 0 Å². The number of aliphatic hydroxyl groups is 1. The van der Waals surface area contributed by atoms with Gasteiger partial charge in [0.25, 0.3) is 0 Å². The summed E-state index contributed by atoms with van der Waals surface area (Å²) in [7, 11) is 1.96. The van der Waals surface area contributed by atoms with Crippen LogP contribution >= 0.6 is 0 Å². The molecule has 1 aliphatic rings. The Balaban J connectivity index is 1.51. The van der Waals surface area contributed by atoms with E-state index in [1.54, 1.807) is 12.4 Å². The maximum atomic E-state index is 9.82. The summed E-state index contributed by atoms with van der Waals surface area (Å²) in [6, 6.07) is 5.79. The third-order valence-electron chi connectivity index (χ3n) is 4.93. The Kier molecular flexibility index (Phi) is 4.52. The third-order valence-corrected chi connectivity index (χ3v) is 4.93. The molecular formula is C18H22N6O2. The summed E-state index contributed by atoms with van der Waals surface area (Å²) >= 11 is 0. The molecule has 4 heterocycles. The number of hydrogen-bond acceptors (Lipinski definition) is 7. The molecule has 8 heteroatoms. The van der Waals surface area contributed by atoms with Gasteiger partial charge in [-0.05, 0) is 25.1 Å². The Morgan fingerprint density at radius 1 is 1.27 bits per heavy atom. The summed E-state index contributed by atoms with van der Waals surface area (Å²) in [6.45, 7) is 4.44. The lowest BCUT2D eigenvalue weighted by Gasteiger charge is -2.15. The van der Waals surface area contributed by atoms with Gasteiger partial charge in [-0.15, -0.1) is 0 Å². The molecule has 1 fully saturated rings. The van der Waals surface area contributed by atoms with Gasteiger partial charge >= 0.3 is 0 Å². The largest absolute Gasteiger partial charge is 0.396 e. The van der Waals surface area contributed by atoms with E-state index in [1.165, 1.54) is 0 Å². The maximum Gasteiger partial charge on any atom is 0.231 e. The van der Waals surface area contributed by atoms with Gasteiger partial charge in [-0.1, -0.05) is 5.16 Å². The van der Waals surface area contributed by atoms with Gasteiger partial charge in [0.2, 0.25) is 11.7 Å². The molecule has 136 valence electrons. The van der Waals surface area contributed by atoms with Crippen LogP contribution in [0.15, 0.2) is 35.1 Å². The summed E-state index contributed by atoms with van der Waals surface area (Å²) in [4.78, 5) is 10.9. The molecular weight excluding hydrogens is 332 g/mol. The molecule has 1 saturated heterocycles.